The molecule has 0 saturated carbocycles. The van der Waals surface area contributed by atoms with Crippen LogP contribution >= 0.6 is 0 Å². The zero-order chi connectivity index (χ0) is 12.8. The van der Waals surface area contributed by atoms with Gasteiger partial charge >= 0.3 is 0 Å². The maximum absolute atomic E-state index is 8.84. The number of rotatable bonds is 4. The Balaban J connectivity index is 2.04. The van der Waals surface area contributed by atoms with Crippen LogP contribution in [-0.4, -0.2) is 16.5 Å². The lowest BCUT2D eigenvalue weighted by molar-refractivity contribution is -0.0381. The first-order valence-electron chi connectivity index (χ1n) is 5.66. The van der Waals surface area contributed by atoms with E-state index >= 15 is 0 Å². The molecule has 4 heteroatoms. The topological polar surface area (TPSA) is 65.2 Å². The first-order valence-corrected chi connectivity index (χ1v) is 5.66. The molecule has 0 fully saturated rings. The minimum Gasteiger partial charge on any atom is -0.368 e. The molecule has 2 aromatic rings. The second kappa shape index (κ2) is 6.05. The Labute approximate surface area is 105 Å². The highest BCUT2D eigenvalue weighted by atomic mass is 16.5. The number of benzene rings is 2. The molecule has 0 unspecified atom stereocenters. The highest BCUT2D eigenvalue weighted by Gasteiger charge is 1.99. The Bertz CT molecular complexity index is 507. The van der Waals surface area contributed by atoms with Crippen LogP contribution in [0.15, 0.2) is 64.8 Å². The number of hydrogen-bond donors (Lipinski definition) is 2. The number of azo groups is 1. The monoisotopic (exact) mass is 242 g/mol. The third kappa shape index (κ3) is 3.76. The van der Waals surface area contributed by atoms with Crippen molar-refractivity contribution in [2.24, 2.45) is 10.2 Å². The smallest absolute Gasteiger partial charge is 0.155 e. The molecule has 0 saturated heterocycles. The van der Waals surface area contributed by atoms with Gasteiger partial charge in [-0.2, -0.15) is 10.2 Å². The molecule has 0 aliphatic carbocycles. The summed E-state index contributed by atoms with van der Waals surface area (Å²) in [5.41, 5.74) is 2.38. The zero-order valence-electron chi connectivity index (χ0n) is 9.77. The molecular weight excluding hydrogens is 228 g/mol. The molecule has 2 N–H and O–H groups in total. The molecule has 0 aliphatic heterocycles. The van der Waals surface area contributed by atoms with Gasteiger partial charge in [0, 0.05) is 6.42 Å². The van der Waals surface area contributed by atoms with Crippen LogP contribution in [0, 0.1) is 0 Å². The summed E-state index contributed by atoms with van der Waals surface area (Å²) in [6, 6.07) is 16.7. The van der Waals surface area contributed by atoms with E-state index < -0.39 is 6.29 Å². The predicted molar refractivity (Wildman–Crippen MR) is 69.0 cm³/mol. The van der Waals surface area contributed by atoms with Crippen LogP contribution in [-0.2, 0) is 6.42 Å². The van der Waals surface area contributed by atoms with Crippen molar-refractivity contribution < 1.29 is 10.2 Å². The number of aliphatic hydroxyl groups excluding tert-OH is 1. The van der Waals surface area contributed by atoms with Crippen LogP contribution in [0.5, 0.6) is 0 Å². The number of nitrogens with zero attached hydrogens (tertiary/aromatic N) is 2. The summed E-state index contributed by atoms with van der Waals surface area (Å²) in [7, 11) is 0. The number of hydrogen-bond acceptors (Lipinski definition) is 4. The summed E-state index contributed by atoms with van der Waals surface area (Å²) in [6.07, 6.45) is -1.10. The molecule has 2 aromatic carbocycles. The molecule has 0 atom stereocenters. The molecule has 4 nitrogen and oxygen atoms in total. The van der Waals surface area contributed by atoms with E-state index in [9.17, 15) is 0 Å². The van der Waals surface area contributed by atoms with Crippen LogP contribution in [0.25, 0.3) is 0 Å². The lowest BCUT2D eigenvalue weighted by atomic mass is 10.1. The SMILES string of the molecule is OC(O)Cc1ccc(/N=N/c2ccccc2)cc1. The first kappa shape index (κ1) is 12.4. The lowest BCUT2D eigenvalue weighted by Crippen LogP contribution is -2.07. The highest BCUT2D eigenvalue weighted by Crippen LogP contribution is 2.18. The van der Waals surface area contributed by atoms with Gasteiger partial charge in [0.05, 0.1) is 11.4 Å². The summed E-state index contributed by atoms with van der Waals surface area (Å²) in [4.78, 5) is 0. The Kier molecular flexibility index (Phi) is 4.17. The lowest BCUT2D eigenvalue weighted by Gasteiger charge is -2.02. The Morgan fingerprint density at radius 3 is 1.89 bits per heavy atom. The third-order valence-electron chi connectivity index (χ3n) is 2.39. The van der Waals surface area contributed by atoms with Gasteiger partial charge in [0.2, 0.25) is 0 Å². The zero-order valence-corrected chi connectivity index (χ0v) is 9.77. The maximum Gasteiger partial charge on any atom is 0.155 e. The van der Waals surface area contributed by atoms with Gasteiger partial charge in [-0.15, -0.1) is 0 Å². The van der Waals surface area contributed by atoms with E-state index in [0.29, 0.717) is 0 Å². The van der Waals surface area contributed by atoms with Crippen molar-refractivity contribution in [1.29, 1.82) is 0 Å². The third-order valence-corrected chi connectivity index (χ3v) is 2.39. The second-order valence-electron chi connectivity index (χ2n) is 3.89. The number of aliphatic hydroxyl groups is 2. The average Bonchev–Trinajstić information content (AvgIpc) is 2.38. The van der Waals surface area contributed by atoms with Crippen molar-refractivity contribution in [1.82, 2.24) is 0 Å². The Morgan fingerprint density at radius 2 is 1.33 bits per heavy atom. The van der Waals surface area contributed by atoms with E-state index in [0.717, 1.165) is 16.9 Å². The normalized spacial score (nSPS) is 11.3. The van der Waals surface area contributed by atoms with E-state index in [1.807, 2.05) is 30.3 Å². The minimum absolute atomic E-state index is 0.218. The van der Waals surface area contributed by atoms with Gasteiger partial charge in [-0.25, -0.2) is 0 Å². The van der Waals surface area contributed by atoms with Crippen molar-refractivity contribution in [2.45, 2.75) is 12.7 Å². The standard InChI is InChI=1S/C14H14N2O2/c17-14(18)10-11-6-8-13(9-7-11)16-15-12-4-2-1-3-5-12/h1-9,14,17-18H,10H2/b16-15+. The van der Waals surface area contributed by atoms with E-state index in [-0.39, 0.29) is 6.42 Å². The minimum atomic E-state index is -1.32. The van der Waals surface area contributed by atoms with Gasteiger partial charge in [0.25, 0.3) is 0 Å². The molecule has 0 spiro atoms. The predicted octanol–water partition coefficient (Wildman–Crippen LogP) is 2.96. The summed E-state index contributed by atoms with van der Waals surface area (Å²) in [5, 5.41) is 25.9. The van der Waals surface area contributed by atoms with Crippen LogP contribution < -0.4 is 0 Å². The van der Waals surface area contributed by atoms with E-state index in [1.54, 1.807) is 24.3 Å². The summed E-state index contributed by atoms with van der Waals surface area (Å²) < 4.78 is 0. The molecular formula is C14H14N2O2. The molecule has 0 aromatic heterocycles. The second-order valence-corrected chi connectivity index (χ2v) is 3.89. The molecule has 92 valence electrons. The molecule has 2 rings (SSSR count). The van der Waals surface area contributed by atoms with Crippen molar-refractivity contribution in [2.75, 3.05) is 0 Å². The summed E-state index contributed by atoms with van der Waals surface area (Å²) in [6.45, 7) is 0. The van der Waals surface area contributed by atoms with Crippen molar-refractivity contribution in [3.8, 4) is 0 Å². The van der Waals surface area contributed by atoms with Crippen molar-refractivity contribution in [3.63, 3.8) is 0 Å². The van der Waals surface area contributed by atoms with Crippen molar-refractivity contribution >= 4 is 11.4 Å². The van der Waals surface area contributed by atoms with Gasteiger partial charge in [0.1, 0.15) is 0 Å². The molecule has 0 radical (unpaired) electrons. The van der Waals surface area contributed by atoms with Crippen molar-refractivity contribution in [3.05, 3.63) is 60.2 Å². The fourth-order valence-electron chi connectivity index (χ4n) is 1.52. The average molecular weight is 242 g/mol. The van der Waals surface area contributed by atoms with Gasteiger partial charge in [0.15, 0.2) is 6.29 Å². The van der Waals surface area contributed by atoms with Gasteiger partial charge < -0.3 is 10.2 Å². The van der Waals surface area contributed by atoms with Gasteiger partial charge in [-0.05, 0) is 29.8 Å². The highest BCUT2D eigenvalue weighted by molar-refractivity contribution is 5.40. The largest absolute Gasteiger partial charge is 0.368 e. The Morgan fingerprint density at radius 1 is 0.778 bits per heavy atom. The van der Waals surface area contributed by atoms with Crippen LogP contribution in [0.2, 0.25) is 0 Å². The van der Waals surface area contributed by atoms with Gasteiger partial charge in [-0.1, -0.05) is 30.3 Å². The summed E-state index contributed by atoms with van der Waals surface area (Å²) >= 11 is 0. The first-order chi connectivity index (χ1) is 8.74. The molecule has 0 bridgehead atoms. The molecule has 0 heterocycles. The van der Waals surface area contributed by atoms with E-state index in [2.05, 4.69) is 10.2 Å². The molecule has 0 aliphatic rings. The van der Waals surface area contributed by atoms with E-state index in [4.69, 9.17) is 10.2 Å². The Hall–Kier alpha value is -2.04. The quantitative estimate of drug-likeness (QED) is 0.639. The van der Waals surface area contributed by atoms with Crippen LogP contribution in [0.1, 0.15) is 5.56 Å². The fourth-order valence-corrected chi connectivity index (χ4v) is 1.52. The molecule has 0 amide bonds. The fraction of sp³-hybridized carbons (Fsp3) is 0.143. The maximum atomic E-state index is 8.84. The van der Waals surface area contributed by atoms with Gasteiger partial charge in [-0.3, -0.25) is 0 Å². The molecule has 18 heavy (non-hydrogen) atoms. The summed E-state index contributed by atoms with van der Waals surface area (Å²) in [5.74, 6) is 0. The van der Waals surface area contributed by atoms with E-state index in [1.165, 1.54) is 0 Å². The van der Waals surface area contributed by atoms with Crippen LogP contribution in [0.4, 0.5) is 11.4 Å². The van der Waals surface area contributed by atoms with Crippen LogP contribution in [0.3, 0.4) is 0 Å².